The number of para-hydroxylation sites is 8. The van der Waals surface area contributed by atoms with Crippen LogP contribution in [0.1, 0.15) is 14.9 Å². The summed E-state index contributed by atoms with van der Waals surface area (Å²) in [5.74, 6) is -0.372. The standard InChI is InChI=1S/C36H24ClNO.C18H16BNO2.C18H10BrClO.C18H12ClFO.C12H7BrClF.C6H5BClO2.C6H7BO3.C6H3BrFI.2CH4/c37-28-11-9-10-25(22-28)26-18-20-32-33-23-27(19-21-35(33)39-36(32)24-26)31-16-7-8-17-34(31)38(29-12-3-1-4-13-29)30-14-5-2-6-15-30;21-19(22)17-13-7-8-14-18(17)20(15-9-3-1-4-10-15)16-11-5-2-6-12-16;19-13-5-7-17-16(10-13)15-6-4-12(9-18(15)21-17)11-2-1-3-14(20)8-11;19-14-5-3-4-12(10-14)13-8-9-15(17(20)11-13)16-6-1-2-7-18(16)21;13-11-5-4-9(7-12(11)15)8-2-1-3-10(14)6-8;8-5-2-1-3-6(4-5)10-7-9;8-6-4-2-1-3-5(6)7(9)10;7-5-2-1-4(9)3-6(5)8;;/h1-24H;1-14,21-22H;1-10H;1-11,21H;1-7H;1-4,9H;1-4,8-10H;1-3H;2*1H4. The van der Waals surface area contributed by atoms with Crippen LogP contribution in [0.25, 0.3) is 111 Å². The lowest BCUT2D eigenvalue weighted by molar-refractivity contribution is 0.419. The van der Waals surface area contributed by atoms with E-state index in [2.05, 4.69) is 219 Å². The maximum absolute atomic E-state index is 14.4. The third-order valence-corrected chi connectivity index (χ3v) is 26.3. The molecule has 149 heavy (non-hydrogen) atoms. The fourth-order valence-corrected chi connectivity index (χ4v) is 18.0. The van der Waals surface area contributed by atoms with Crippen molar-refractivity contribution in [3.63, 3.8) is 0 Å². The maximum Gasteiger partial charge on any atom is 0.569 e. The van der Waals surface area contributed by atoms with Gasteiger partial charge in [-0.1, -0.05) is 325 Å². The third kappa shape index (κ3) is 30.4. The third-order valence-electron chi connectivity index (χ3n) is 22.7. The Labute approximate surface area is 927 Å². The van der Waals surface area contributed by atoms with E-state index >= 15 is 0 Å². The SMILES string of the molecule is C.C.Clc1cccc(-c2ccc3c(c2)oc2ccc(-c4ccccc4N(c4ccccc4)c4ccccc4)cc23)c1.Clc1cccc(-c2ccc3c(c2)oc2ccc(Br)cc23)c1.Fc1cc(-c2cccc(Cl)c2)ccc1Br.Fc1cc(I)ccc1Br.OB(O)c1ccccc1N(c1ccccc1)c1ccccc1.OB(O)c1ccccc1O.O[B]Oc1cccc(Cl)c1.Oc1ccccc1-c1ccc(-c2cccc(Cl)c2)cc1F. The van der Waals surface area contributed by atoms with Crippen molar-refractivity contribution < 1.29 is 62.0 Å². The lowest BCUT2D eigenvalue weighted by atomic mass is 9.78. The number of nitrogens with zero attached hydrogens (tertiary/aromatic N) is 2. The van der Waals surface area contributed by atoms with Crippen molar-refractivity contribution in [3.8, 4) is 84.0 Å². The summed E-state index contributed by atoms with van der Waals surface area (Å²) in [6, 6.07) is 147. The Balaban J connectivity index is 0.000000149. The highest BCUT2D eigenvalue weighted by Crippen LogP contribution is 2.45. The van der Waals surface area contributed by atoms with Crippen LogP contribution in [0.4, 0.5) is 47.3 Å². The van der Waals surface area contributed by atoms with Gasteiger partial charge in [-0.2, -0.15) is 0 Å². The molecule has 743 valence electrons. The van der Waals surface area contributed by atoms with E-state index in [1.807, 2.05) is 193 Å². The van der Waals surface area contributed by atoms with E-state index in [4.69, 9.17) is 87.0 Å². The minimum Gasteiger partial charge on any atom is -0.537 e. The Hall–Kier alpha value is -13.6. The molecule has 2 aromatic heterocycles. The maximum atomic E-state index is 14.4. The molecule has 0 fully saturated rings. The molecule has 0 aliphatic carbocycles. The van der Waals surface area contributed by atoms with E-state index in [1.54, 1.807) is 109 Å². The number of anilines is 6. The van der Waals surface area contributed by atoms with Gasteiger partial charge in [0.15, 0.2) is 0 Å². The van der Waals surface area contributed by atoms with E-state index in [0.29, 0.717) is 54.0 Å². The van der Waals surface area contributed by atoms with Crippen molar-refractivity contribution in [1.82, 2.24) is 0 Å². The second kappa shape index (κ2) is 55.1. The highest BCUT2D eigenvalue weighted by molar-refractivity contribution is 14.1. The summed E-state index contributed by atoms with van der Waals surface area (Å²) >= 11 is 41.5. The minimum absolute atomic E-state index is 0. The number of aromatic hydroxyl groups is 2. The largest absolute Gasteiger partial charge is 0.569 e. The molecule has 2 heterocycles. The summed E-state index contributed by atoms with van der Waals surface area (Å²) in [6.45, 7) is 0. The highest BCUT2D eigenvalue weighted by atomic mass is 127. The van der Waals surface area contributed by atoms with Gasteiger partial charge in [0.25, 0.3) is 0 Å². The number of phenols is 2. The van der Waals surface area contributed by atoms with Crippen LogP contribution >= 0.6 is 128 Å². The van der Waals surface area contributed by atoms with Gasteiger partial charge >= 0.3 is 21.9 Å². The summed E-state index contributed by atoms with van der Waals surface area (Å²) < 4.78 is 60.0. The number of halogens is 12. The molecular weight excluding hydrogens is 2290 g/mol. The average Bonchev–Trinajstić information content (AvgIpc) is 1.58. The van der Waals surface area contributed by atoms with Crippen LogP contribution in [0.15, 0.2) is 489 Å². The quantitative estimate of drug-likeness (QED) is 0.0276. The van der Waals surface area contributed by atoms with Gasteiger partial charge in [-0.25, -0.2) is 13.2 Å². The number of furan rings is 2. The molecule has 20 aromatic carbocycles. The number of fused-ring (bicyclic) bond motifs is 6. The Morgan fingerprint density at radius 3 is 1.06 bits per heavy atom. The molecule has 0 bridgehead atoms. The van der Waals surface area contributed by atoms with E-state index in [0.717, 1.165) is 152 Å². The summed E-state index contributed by atoms with van der Waals surface area (Å²) in [4.78, 5) is 4.32. The van der Waals surface area contributed by atoms with Gasteiger partial charge in [0, 0.05) is 111 Å². The van der Waals surface area contributed by atoms with Crippen LogP contribution in [-0.2, 0) is 0 Å². The fourth-order valence-electron chi connectivity index (χ4n) is 15.8. The van der Waals surface area contributed by atoms with E-state index < -0.39 is 14.2 Å². The van der Waals surface area contributed by atoms with Gasteiger partial charge in [-0.05, 0) is 335 Å². The summed E-state index contributed by atoms with van der Waals surface area (Å²) in [5, 5.41) is 71.3. The first kappa shape index (κ1) is 113. The van der Waals surface area contributed by atoms with E-state index in [9.17, 15) is 28.3 Å². The van der Waals surface area contributed by atoms with Crippen LogP contribution < -0.4 is 25.4 Å². The zero-order chi connectivity index (χ0) is 103. The molecule has 1 radical (unpaired) electrons. The second-order valence-electron chi connectivity index (χ2n) is 32.5. The smallest absolute Gasteiger partial charge is 0.537 e. The lowest BCUT2D eigenvalue weighted by Gasteiger charge is -2.27. The number of hydrogen-bond acceptors (Lipinski definition) is 12. The first-order chi connectivity index (χ1) is 71.3. The topological polar surface area (TPSA) is 184 Å². The molecule has 0 saturated heterocycles. The molecule has 0 aliphatic heterocycles. The molecule has 22 aromatic rings. The van der Waals surface area contributed by atoms with Crippen molar-refractivity contribution in [1.29, 1.82) is 0 Å². The van der Waals surface area contributed by atoms with Crippen molar-refractivity contribution >= 4 is 239 Å². The van der Waals surface area contributed by atoms with Crippen LogP contribution in [0.2, 0.25) is 25.1 Å². The zero-order valence-corrected chi connectivity index (χ0v) is 88.2. The first-order valence-electron chi connectivity index (χ1n) is 45.4. The Kier molecular flexibility index (Phi) is 41.6. The zero-order valence-electron chi connectivity index (χ0n) is 77.5. The van der Waals surface area contributed by atoms with E-state index in [-0.39, 0.29) is 49.3 Å². The minimum atomic E-state index is -1.60. The van der Waals surface area contributed by atoms with Crippen molar-refractivity contribution in [2.75, 3.05) is 9.80 Å². The van der Waals surface area contributed by atoms with Gasteiger partial charge in [0.05, 0.1) is 14.6 Å². The molecule has 7 N–H and O–H groups in total. The molecule has 0 spiro atoms. The van der Waals surface area contributed by atoms with Gasteiger partial charge in [0.1, 0.15) is 57.0 Å². The van der Waals surface area contributed by atoms with Crippen molar-refractivity contribution in [2.45, 2.75) is 14.9 Å². The average molecular weight is 2380 g/mol. The van der Waals surface area contributed by atoms with Crippen LogP contribution in [0, 0.1) is 21.0 Å². The van der Waals surface area contributed by atoms with Gasteiger partial charge in [-0.3, -0.25) is 0 Å². The summed E-state index contributed by atoms with van der Waals surface area (Å²) in [6.07, 6.45) is 0. The highest BCUT2D eigenvalue weighted by Gasteiger charge is 2.24. The first-order valence-corrected chi connectivity index (χ1v) is 50.8. The molecule has 12 nitrogen and oxygen atoms in total. The van der Waals surface area contributed by atoms with E-state index in [1.165, 1.54) is 30.3 Å². The Morgan fingerprint density at radius 2 is 0.638 bits per heavy atom. The number of benzene rings is 20. The van der Waals surface area contributed by atoms with Crippen LogP contribution in [0.5, 0.6) is 17.2 Å². The summed E-state index contributed by atoms with van der Waals surface area (Å²) in [7, 11) is -2.50. The lowest BCUT2D eigenvalue weighted by Crippen LogP contribution is -2.34. The second-order valence-corrected chi connectivity index (χ2v) is 38.5. The summed E-state index contributed by atoms with van der Waals surface area (Å²) in [5.41, 5.74) is 20.9. The molecule has 0 atom stereocenters. The number of phenolic OH excluding ortho intramolecular Hbond substituents is 2. The molecular formula is C122H92B3Br3Cl5F3IN2O10. The molecule has 22 rings (SSSR count). The van der Waals surface area contributed by atoms with Crippen molar-refractivity contribution in [3.05, 3.63) is 527 Å². The Bertz CT molecular complexity index is 8150. The molecule has 0 unspecified atom stereocenters. The predicted octanol–water partition coefficient (Wildman–Crippen LogP) is 35.8. The molecule has 0 amide bonds. The number of hydrogen-bond donors (Lipinski definition) is 7. The molecule has 27 heteroatoms. The predicted molar refractivity (Wildman–Crippen MR) is 634 cm³/mol. The van der Waals surface area contributed by atoms with Gasteiger partial charge < -0.3 is 58.6 Å². The van der Waals surface area contributed by atoms with Gasteiger partial charge in [0.2, 0.25) is 0 Å². The monoisotopic (exact) mass is 2370 g/mol. The van der Waals surface area contributed by atoms with Gasteiger partial charge in [-0.15, -0.1) is 0 Å². The molecule has 0 saturated carbocycles. The number of rotatable bonds is 16. The van der Waals surface area contributed by atoms with Crippen LogP contribution in [-0.4, -0.2) is 57.3 Å². The normalized spacial score (nSPS) is 10.4. The van der Waals surface area contributed by atoms with Crippen LogP contribution in [0.3, 0.4) is 0 Å². The molecule has 0 aliphatic rings. The fraction of sp³-hybridized carbons (Fsp3) is 0.0164. The van der Waals surface area contributed by atoms with Crippen molar-refractivity contribution in [2.24, 2.45) is 0 Å². The Morgan fingerprint density at radius 1 is 0.282 bits per heavy atom.